The van der Waals surface area contributed by atoms with Crippen LogP contribution in [0.2, 0.25) is 0 Å². The van der Waals surface area contributed by atoms with Gasteiger partial charge in [-0.05, 0) is 0 Å². The van der Waals surface area contributed by atoms with Crippen molar-refractivity contribution >= 4 is 6.09 Å². The normalized spacial score (nSPS) is 6.67. The molecule has 0 saturated carbocycles. The highest BCUT2D eigenvalue weighted by atomic mass is 16.5. The number of rotatable bonds is 1. The van der Waals surface area contributed by atoms with E-state index in [0.29, 0.717) is 0 Å². The average Bonchev–Trinajstić information content (AvgIpc) is 1.35. The van der Waals surface area contributed by atoms with Gasteiger partial charge in [-0.25, -0.2) is 10.5 Å². The number of nitrogens with one attached hydrogen (secondary N) is 1. The second-order valence-corrected chi connectivity index (χ2v) is 0.572. The van der Waals surface area contributed by atoms with Crippen LogP contribution in [0.3, 0.4) is 0 Å². The van der Waals surface area contributed by atoms with Gasteiger partial charge in [0.1, 0.15) is 0 Å². The molecule has 3 heteroatoms. The molecule has 0 aromatic heterocycles. The summed E-state index contributed by atoms with van der Waals surface area (Å²) in [5.41, 5.74) is 6.05. The quantitative estimate of drug-likeness (QED) is 0.437. The largest absolute Gasteiger partial charge is 0.430 e. The average molecular weight is 86.1 g/mol. The number of carbonyl (C=O) groups is 1. The van der Waals surface area contributed by atoms with E-state index < -0.39 is 6.09 Å². The predicted molar refractivity (Wildman–Crippen MR) is 19.8 cm³/mol. The standard InChI is InChI=1S/C3H4NO2/c1-2-6-3(4)5/h2,4H,1H2. The zero-order valence-corrected chi connectivity index (χ0v) is 3.10. The number of hydrogen-bond acceptors (Lipinski definition) is 2. The Labute approximate surface area is 35.4 Å². The second-order valence-electron chi connectivity index (χ2n) is 0.572. The van der Waals surface area contributed by atoms with Crippen LogP contribution in [0.15, 0.2) is 12.8 Å². The fourth-order valence-electron chi connectivity index (χ4n) is 0.0757. The van der Waals surface area contributed by atoms with Crippen molar-refractivity contribution in [2.45, 2.75) is 0 Å². The molecule has 0 bridgehead atoms. The van der Waals surface area contributed by atoms with Gasteiger partial charge >= 0.3 is 6.09 Å². The smallest absolute Gasteiger partial charge is 0.418 e. The highest BCUT2D eigenvalue weighted by Crippen LogP contribution is 1.69. The molecule has 0 aliphatic carbocycles. The van der Waals surface area contributed by atoms with E-state index in [1.54, 1.807) is 0 Å². The van der Waals surface area contributed by atoms with E-state index in [4.69, 9.17) is 5.73 Å². The Morgan fingerprint density at radius 1 is 2.00 bits per heavy atom. The molecule has 33 valence electrons. The Hall–Kier alpha value is -0.990. The van der Waals surface area contributed by atoms with Crippen LogP contribution in [0.1, 0.15) is 0 Å². The molecule has 0 atom stereocenters. The van der Waals surface area contributed by atoms with Crippen LogP contribution in [-0.4, -0.2) is 6.09 Å². The zero-order chi connectivity index (χ0) is 4.99. The van der Waals surface area contributed by atoms with Gasteiger partial charge in [0.15, 0.2) is 0 Å². The molecule has 6 heavy (non-hydrogen) atoms. The Bertz CT molecular complexity index is 69.2. The van der Waals surface area contributed by atoms with Crippen LogP contribution in [-0.2, 0) is 4.74 Å². The SMILES string of the molecule is C=COC([NH])=O. The molecular weight excluding hydrogens is 82.0 g/mol. The lowest BCUT2D eigenvalue weighted by atomic mass is 11.1. The van der Waals surface area contributed by atoms with Crippen LogP contribution in [0.25, 0.3) is 0 Å². The molecule has 0 heterocycles. The Kier molecular flexibility index (Phi) is 1.89. The van der Waals surface area contributed by atoms with Gasteiger partial charge in [0.25, 0.3) is 0 Å². The van der Waals surface area contributed by atoms with Gasteiger partial charge in [-0.3, -0.25) is 0 Å². The number of carbonyl (C=O) groups excluding carboxylic acids is 1. The summed E-state index contributed by atoms with van der Waals surface area (Å²) in [7, 11) is 0. The highest BCUT2D eigenvalue weighted by molar-refractivity contribution is 5.64. The first kappa shape index (κ1) is 5.01. The van der Waals surface area contributed by atoms with Crippen molar-refractivity contribution in [2.24, 2.45) is 0 Å². The van der Waals surface area contributed by atoms with Crippen LogP contribution < -0.4 is 5.73 Å². The lowest BCUT2D eigenvalue weighted by molar-refractivity contribution is 0.195. The van der Waals surface area contributed by atoms with Crippen molar-refractivity contribution in [3.63, 3.8) is 0 Å². The van der Waals surface area contributed by atoms with Gasteiger partial charge in [0.05, 0.1) is 6.26 Å². The minimum absolute atomic E-state index is 0.912. The maximum Gasteiger partial charge on any atom is 0.430 e. The maximum absolute atomic E-state index is 9.42. The van der Waals surface area contributed by atoms with E-state index in [-0.39, 0.29) is 0 Å². The van der Waals surface area contributed by atoms with E-state index in [1.165, 1.54) is 0 Å². The summed E-state index contributed by atoms with van der Waals surface area (Å²) in [5.74, 6) is 0. The van der Waals surface area contributed by atoms with Crippen molar-refractivity contribution in [1.82, 2.24) is 5.73 Å². The third-order valence-electron chi connectivity index (χ3n) is 0.190. The molecule has 1 radical (unpaired) electrons. The molecule has 1 amide bonds. The van der Waals surface area contributed by atoms with Gasteiger partial charge in [-0.15, -0.1) is 0 Å². The van der Waals surface area contributed by atoms with Crippen LogP contribution >= 0.6 is 0 Å². The first-order valence-electron chi connectivity index (χ1n) is 1.30. The van der Waals surface area contributed by atoms with Crippen LogP contribution in [0.4, 0.5) is 4.79 Å². The highest BCUT2D eigenvalue weighted by Gasteiger charge is 1.82. The monoisotopic (exact) mass is 86.0 g/mol. The minimum atomic E-state index is -1.08. The number of hydrogen-bond donors (Lipinski definition) is 0. The van der Waals surface area contributed by atoms with Crippen molar-refractivity contribution in [2.75, 3.05) is 0 Å². The fraction of sp³-hybridized carbons (Fsp3) is 0. The molecule has 0 rings (SSSR count). The summed E-state index contributed by atoms with van der Waals surface area (Å²) in [6, 6.07) is 0. The van der Waals surface area contributed by atoms with Crippen molar-refractivity contribution < 1.29 is 9.53 Å². The van der Waals surface area contributed by atoms with Gasteiger partial charge in [-0.2, -0.15) is 0 Å². The first-order valence-corrected chi connectivity index (χ1v) is 1.30. The summed E-state index contributed by atoms with van der Waals surface area (Å²) in [6.45, 7) is 3.04. The van der Waals surface area contributed by atoms with E-state index in [0.717, 1.165) is 6.26 Å². The summed E-state index contributed by atoms with van der Waals surface area (Å²) in [5, 5.41) is 0. The number of amides is 1. The Morgan fingerprint density at radius 2 is 2.50 bits per heavy atom. The molecule has 0 spiro atoms. The van der Waals surface area contributed by atoms with Gasteiger partial charge < -0.3 is 4.74 Å². The van der Waals surface area contributed by atoms with Crippen LogP contribution in [0, 0.1) is 0 Å². The van der Waals surface area contributed by atoms with E-state index in [9.17, 15) is 4.79 Å². The molecule has 1 N–H and O–H groups in total. The maximum atomic E-state index is 9.42. The zero-order valence-electron chi connectivity index (χ0n) is 3.10. The minimum Gasteiger partial charge on any atom is -0.418 e. The summed E-state index contributed by atoms with van der Waals surface area (Å²) in [6.07, 6.45) is -0.167. The first-order chi connectivity index (χ1) is 2.77. The predicted octanol–water partition coefficient (Wildman–Crippen LogP) is 0.549. The molecule has 0 fully saturated rings. The summed E-state index contributed by atoms with van der Waals surface area (Å²) >= 11 is 0. The molecule has 3 nitrogen and oxygen atoms in total. The van der Waals surface area contributed by atoms with Gasteiger partial charge in [0, 0.05) is 0 Å². The van der Waals surface area contributed by atoms with E-state index in [1.807, 2.05) is 0 Å². The lowest BCUT2D eigenvalue weighted by Crippen LogP contribution is -1.93. The molecule has 0 aromatic rings. The molecule has 0 saturated heterocycles. The molecule has 0 unspecified atom stereocenters. The summed E-state index contributed by atoms with van der Waals surface area (Å²) < 4.78 is 3.83. The fourth-order valence-corrected chi connectivity index (χ4v) is 0.0757. The topological polar surface area (TPSA) is 50.1 Å². The summed E-state index contributed by atoms with van der Waals surface area (Å²) in [4.78, 5) is 9.42. The van der Waals surface area contributed by atoms with Crippen molar-refractivity contribution in [3.8, 4) is 0 Å². The third kappa shape index (κ3) is 3.01. The molecule has 0 aliphatic heterocycles. The second kappa shape index (κ2) is 2.26. The molecule has 0 aliphatic rings. The molecular formula is C3H4NO2. The van der Waals surface area contributed by atoms with Crippen molar-refractivity contribution in [3.05, 3.63) is 12.8 Å². The Balaban J connectivity index is 3.05. The van der Waals surface area contributed by atoms with Crippen LogP contribution in [0.5, 0.6) is 0 Å². The number of ether oxygens (including phenoxy) is 1. The molecule has 0 aromatic carbocycles. The lowest BCUT2D eigenvalue weighted by Gasteiger charge is -1.81. The van der Waals surface area contributed by atoms with Gasteiger partial charge in [-0.1, -0.05) is 6.58 Å². The van der Waals surface area contributed by atoms with Gasteiger partial charge in [0.2, 0.25) is 0 Å². The van der Waals surface area contributed by atoms with E-state index >= 15 is 0 Å². The third-order valence-corrected chi connectivity index (χ3v) is 0.190. The Morgan fingerprint density at radius 3 is 2.50 bits per heavy atom. The van der Waals surface area contributed by atoms with E-state index in [2.05, 4.69) is 11.3 Å². The van der Waals surface area contributed by atoms with Crippen molar-refractivity contribution in [1.29, 1.82) is 0 Å².